The van der Waals surface area contributed by atoms with E-state index in [1.807, 2.05) is 26.0 Å². The van der Waals surface area contributed by atoms with E-state index in [1.165, 1.54) is 12.1 Å². The Kier molecular flexibility index (Phi) is 6.34. The summed E-state index contributed by atoms with van der Waals surface area (Å²) in [5.41, 5.74) is 3.36. The van der Waals surface area contributed by atoms with Crippen LogP contribution in [0.2, 0.25) is 5.02 Å². The molecule has 6 nitrogen and oxygen atoms in total. The molecular weight excluding hydrogens is 419 g/mol. The molecule has 2 aromatic carbocycles. The molecule has 0 bridgehead atoms. The standard InChI is InChI=1S/C23H24ClFN4O2/c1-14-10-15(2)21(19(24)11-14)26-20(30)13-29-9-3-4-17(12-29)23-27-22(28-31-23)16-5-7-18(25)8-6-16/h5-8,10-11,17H,3-4,9,12-13H2,1-2H3,(H,26,30). The first-order valence-corrected chi connectivity index (χ1v) is 10.7. The topological polar surface area (TPSA) is 71.3 Å². The number of hydrogen-bond acceptors (Lipinski definition) is 5. The lowest BCUT2D eigenvalue weighted by molar-refractivity contribution is -0.117. The Morgan fingerprint density at radius 1 is 1.29 bits per heavy atom. The van der Waals surface area contributed by atoms with Gasteiger partial charge in [0, 0.05) is 12.1 Å². The maximum Gasteiger partial charge on any atom is 0.238 e. The van der Waals surface area contributed by atoms with Gasteiger partial charge in [-0.2, -0.15) is 4.98 Å². The first kappa shape index (κ1) is 21.5. The van der Waals surface area contributed by atoms with Gasteiger partial charge >= 0.3 is 0 Å². The summed E-state index contributed by atoms with van der Waals surface area (Å²) < 4.78 is 18.6. The molecule has 8 heteroatoms. The minimum atomic E-state index is -0.309. The van der Waals surface area contributed by atoms with Gasteiger partial charge in [0.05, 0.1) is 23.2 Å². The Balaban J connectivity index is 1.39. The number of nitrogens with one attached hydrogen (secondary N) is 1. The molecule has 0 spiro atoms. The second-order valence-electron chi connectivity index (χ2n) is 8.02. The molecule has 1 atom stereocenters. The Morgan fingerprint density at radius 2 is 2.06 bits per heavy atom. The molecule has 1 N–H and O–H groups in total. The molecule has 0 aliphatic carbocycles. The summed E-state index contributed by atoms with van der Waals surface area (Å²) in [5.74, 6) is 0.618. The fraction of sp³-hybridized carbons (Fsp3) is 0.348. The number of benzene rings is 2. The number of likely N-dealkylation sites (tertiary alicyclic amines) is 1. The fourth-order valence-electron chi connectivity index (χ4n) is 3.97. The molecule has 162 valence electrons. The second-order valence-corrected chi connectivity index (χ2v) is 8.43. The predicted octanol–water partition coefficient (Wildman–Crippen LogP) is 4.96. The summed E-state index contributed by atoms with van der Waals surface area (Å²) in [6.45, 7) is 5.64. The van der Waals surface area contributed by atoms with Crippen molar-refractivity contribution in [3.63, 3.8) is 0 Å². The number of hydrogen-bond donors (Lipinski definition) is 1. The third kappa shape index (κ3) is 5.11. The minimum Gasteiger partial charge on any atom is -0.339 e. The van der Waals surface area contributed by atoms with Crippen LogP contribution in [0, 0.1) is 19.7 Å². The van der Waals surface area contributed by atoms with Crippen molar-refractivity contribution < 1.29 is 13.7 Å². The molecule has 1 fully saturated rings. The normalized spacial score (nSPS) is 17.0. The van der Waals surface area contributed by atoms with Crippen molar-refractivity contribution in [3.05, 3.63) is 64.3 Å². The van der Waals surface area contributed by atoms with Crippen LogP contribution in [0.1, 0.15) is 35.8 Å². The smallest absolute Gasteiger partial charge is 0.238 e. The van der Waals surface area contributed by atoms with E-state index < -0.39 is 0 Å². The number of carbonyl (C=O) groups excluding carboxylic acids is 1. The van der Waals surface area contributed by atoms with Crippen LogP contribution in [0.5, 0.6) is 0 Å². The summed E-state index contributed by atoms with van der Waals surface area (Å²) in [4.78, 5) is 19.2. The van der Waals surface area contributed by atoms with Gasteiger partial charge in [-0.25, -0.2) is 4.39 Å². The summed E-state index contributed by atoms with van der Waals surface area (Å²) in [5, 5.41) is 7.52. The van der Waals surface area contributed by atoms with Gasteiger partial charge in [-0.15, -0.1) is 0 Å². The van der Waals surface area contributed by atoms with Crippen molar-refractivity contribution in [2.75, 3.05) is 25.0 Å². The van der Waals surface area contributed by atoms with Crippen LogP contribution in [0.15, 0.2) is 40.9 Å². The summed E-state index contributed by atoms with van der Waals surface area (Å²) >= 11 is 6.31. The van der Waals surface area contributed by atoms with Crippen molar-refractivity contribution >= 4 is 23.2 Å². The summed E-state index contributed by atoms with van der Waals surface area (Å²) in [7, 11) is 0. The van der Waals surface area contributed by atoms with Gasteiger partial charge < -0.3 is 9.84 Å². The lowest BCUT2D eigenvalue weighted by Crippen LogP contribution is -2.40. The zero-order valence-corrected chi connectivity index (χ0v) is 18.2. The van der Waals surface area contributed by atoms with E-state index in [0.29, 0.717) is 34.5 Å². The zero-order chi connectivity index (χ0) is 22.0. The molecule has 0 radical (unpaired) electrons. The minimum absolute atomic E-state index is 0.0490. The van der Waals surface area contributed by atoms with Gasteiger partial charge in [0.1, 0.15) is 5.82 Å². The number of aryl methyl sites for hydroxylation is 2. The molecule has 1 saturated heterocycles. The van der Waals surface area contributed by atoms with E-state index in [-0.39, 0.29) is 24.2 Å². The average molecular weight is 443 g/mol. The molecule has 0 saturated carbocycles. The highest BCUT2D eigenvalue weighted by atomic mass is 35.5. The van der Waals surface area contributed by atoms with Crippen molar-refractivity contribution in [2.45, 2.75) is 32.6 Å². The Labute approximate surface area is 185 Å². The molecule has 1 amide bonds. The lowest BCUT2D eigenvalue weighted by atomic mass is 9.98. The van der Waals surface area contributed by atoms with Gasteiger partial charge in [0.25, 0.3) is 0 Å². The maximum absolute atomic E-state index is 13.1. The van der Waals surface area contributed by atoms with Crippen LogP contribution in [0.25, 0.3) is 11.4 Å². The third-order valence-corrected chi connectivity index (χ3v) is 5.76. The first-order valence-electron chi connectivity index (χ1n) is 10.3. The van der Waals surface area contributed by atoms with Crippen LogP contribution >= 0.6 is 11.6 Å². The fourth-order valence-corrected chi connectivity index (χ4v) is 4.34. The number of piperidine rings is 1. The molecule has 1 unspecified atom stereocenters. The van der Waals surface area contributed by atoms with E-state index in [2.05, 4.69) is 20.4 Å². The number of anilines is 1. The molecule has 1 aliphatic rings. The number of carbonyl (C=O) groups is 1. The van der Waals surface area contributed by atoms with Crippen LogP contribution in [0.3, 0.4) is 0 Å². The molecule has 4 rings (SSSR count). The first-order chi connectivity index (χ1) is 14.9. The van der Waals surface area contributed by atoms with E-state index in [4.69, 9.17) is 16.1 Å². The van der Waals surface area contributed by atoms with Crippen molar-refractivity contribution in [2.24, 2.45) is 0 Å². The van der Waals surface area contributed by atoms with E-state index >= 15 is 0 Å². The average Bonchev–Trinajstić information content (AvgIpc) is 3.22. The van der Waals surface area contributed by atoms with Crippen LogP contribution in [-0.2, 0) is 4.79 Å². The Hall–Kier alpha value is -2.77. The molecular formula is C23H24ClFN4O2. The molecule has 31 heavy (non-hydrogen) atoms. The SMILES string of the molecule is Cc1cc(C)c(NC(=O)CN2CCCC(c3nc(-c4ccc(F)cc4)no3)C2)c(Cl)c1. The number of nitrogens with zero attached hydrogens (tertiary/aromatic N) is 3. The van der Waals surface area contributed by atoms with E-state index in [1.54, 1.807) is 12.1 Å². The second kappa shape index (κ2) is 9.16. The number of rotatable bonds is 5. The number of halogens is 2. The van der Waals surface area contributed by atoms with Crippen molar-refractivity contribution in [1.29, 1.82) is 0 Å². The highest BCUT2D eigenvalue weighted by Gasteiger charge is 2.27. The highest BCUT2D eigenvalue weighted by molar-refractivity contribution is 6.34. The highest BCUT2D eigenvalue weighted by Crippen LogP contribution is 2.29. The van der Waals surface area contributed by atoms with Gasteiger partial charge in [-0.3, -0.25) is 9.69 Å². The van der Waals surface area contributed by atoms with Crippen LogP contribution in [0.4, 0.5) is 10.1 Å². The number of aromatic nitrogens is 2. The monoisotopic (exact) mass is 442 g/mol. The summed E-state index contributed by atoms with van der Waals surface area (Å²) in [6.07, 6.45) is 1.84. The molecule has 1 aromatic heterocycles. The van der Waals surface area contributed by atoms with Gasteiger partial charge in [0.15, 0.2) is 0 Å². The number of amides is 1. The molecule has 3 aromatic rings. The van der Waals surface area contributed by atoms with Gasteiger partial charge in [0.2, 0.25) is 17.6 Å². The Bertz CT molecular complexity index is 1060. The van der Waals surface area contributed by atoms with E-state index in [0.717, 1.165) is 30.5 Å². The summed E-state index contributed by atoms with van der Waals surface area (Å²) in [6, 6.07) is 9.82. The molecule has 1 aliphatic heterocycles. The van der Waals surface area contributed by atoms with Crippen LogP contribution < -0.4 is 5.32 Å². The van der Waals surface area contributed by atoms with Crippen LogP contribution in [-0.4, -0.2) is 40.6 Å². The maximum atomic E-state index is 13.1. The predicted molar refractivity (Wildman–Crippen MR) is 118 cm³/mol. The zero-order valence-electron chi connectivity index (χ0n) is 17.5. The lowest BCUT2D eigenvalue weighted by Gasteiger charge is -2.30. The van der Waals surface area contributed by atoms with Crippen molar-refractivity contribution in [3.8, 4) is 11.4 Å². The van der Waals surface area contributed by atoms with Crippen molar-refractivity contribution in [1.82, 2.24) is 15.0 Å². The quantitative estimate of drug-likeness (QED) is 0.604. The van der Waals surface area contributed by atoms with E-state index in [9.17, 15) is 9.18 Å². The largest absolute Gasteiger partial charge is 0.339 e. The van der Waals surface area contributed by atoms with Gasteiger partial charge in [-0.05, 0) is 74.7 Å². The van der Waals surface area contributed by atoms with Gasteiger partial charge in [-0.1, -0.05) is 22.8 Å². The Morgan fingerprint density at radius 3 is 2.81 bits per heavy atom. The molecule has 2 heterocycles. The third-order valence-electron chi connectivity index (χ3n) is 5.46.